The third kappa shape index (κ3) is 4.18. The van der Waals surface area contributed by atoms with E-state index in [-0.39, 0.29) is 5.91 Å². The Hall–Kier alpha value is -2.69. The number of halogens is 1. The van der Waals surface area contributed by atoms with Crippen molar-refractivity contribution in [1.82, 2.24) is 4.98 Å². The maximum Gasteiger partial charge on any atom is 0.233 e. The molecule has 1 heterocycles. The molecule has 5 heteroatoms. The standard InChI is InChI=1S/C22H17ClN2OS/c23-18-11-12-19-20(14-18)27-22(24-19)25(15-17-9-5-2-6-10-17)21(26)13-16-7-3-1-4-8-16/h1-12,14H,13,15H2. The van der Waals surface area contributed by atoms with Crippen LogP contribution in [-0.4, -0.2) is 10.9 Å². The molecule has 0 bridgehead atoms. The SMILES string of the molecule is O=C(Cc1ccccc1)N(Cc1ccccc1)c1nc2ccc(Cl)cc2s1. The van der Waals surface area contributed by atoms with E-state index in [9.17, 15) is 4.79 Å². The van der Waals surface area contributed by atoms with Crippen LogP contribution in [0.25, 0.3) is 10.2 Å². The smallest absolute Gasteiger partial charge is 0.233 e. The van der Waals surface area contributed by atoms with Crippen LogP contribution < -0.4 is 4.90 Å². The maximum absolute atomic E-state index is 13.1. The second kappa shape index (κ2) is 7.91. The van der Waals surface area contributed by atoms with Gasteiger partial charge in [0.2, 0.25) is 5.91 Å². The average molecular weight is 393 g/mol. The quantitative estimate of drug-likeness (QED) is 0.434. The molecule has 0 atom stereocenters. The van der Waals surface area contributed by atoms with Gasteiger partial charge in [0.25, 0.3) is 0 Å². The molecule has 3 nitrogen and oxygen atoms in total. The molecule has 0 saturated heterocycles. The number of anilines is 1. The van der Waals surface area contributed by atoms with Crippen molar-refractivity contribution in [2.75, 3.05) is 4.90 Å². The van der Waals surface area contributed by atoms with Crippen molar-refractivity contribution in [2.24, 2.45) is 0 Å². The highest BCUT2D eigenvalue weighted by molar-refractivity contribution is 7.22. The van der Waals surface area contributed by atoms with Crippen LogP contribution in [-0.2, 0) is 17.8 Å². The lowest BCUT2D eigenvalue weighted by Crippen LogP contribution is -2.31. The number of benzene rings is 3. The minimum absolute atomic E-state index is 0.0233. The summed E-state index contributed by atoms with van der Waals surface area (Å²) < 4.78 is 0.975. The van der Waals surface area contributed by atoms with Gasteiger partial charge in [0, 0.05) is 5.02 Å². The monoisotopic (exact) mass is 392 g/mol. The van der Waals surface area contributed by atoms with E-state index in [1.807, 2.05) is 78.9 Å². The predicted octanol–water partition coefficient (Wildman–Crippen LogP) is 5.73. The molecule has 134 valence electrons. The van der Waals surface area contributed by atoms with Gasteiger partial charge in [-0.2, -0.15) is 0 Å². The number of fused-ring (bicyclic) bond motifs is 1. The van der Waals surface area contributed by atoms with Gasteiger partial charge in [0.15, 0.2) is 5.13 Å². The molecule has 3 aromatic carbocycles. The van der Waals surface area contributed by atoms with Gasteiger partial charge in [0.1, 0.15) is 0 Å². The number of amides is 1. The molecule has 0 saturated carbocycles. The lowest BCUT2D eigenvalue weighted by Gasteiger charge is -2.20. The van der Waals surface area contributed by atoms with Gasteiger partial charge in [-0.3, -0.25) is 9.69 Å². The van der Waals surface area contributed by atoms with Crippen molar-refractivity contribution in [3.05, 3.63) is 95.0 Å². The van der Waals surface area contributed by atoms with Crippen molar-refractivity contribution >= 4 is 44.2 Å². The van der Waals surface area contributed by atoms with E-state index in [1.165, 1.54) is 11.3 Å². The van der Waals surface area contributed by atoms with Gasteiger partial charge >= 0.3 is 0 Å². The highest BCUT2D eigenvalue weighted by Gasteiger charge is 2.20. The Balaban J connectivity index is 1.68. The molecule has 4 rings (SSSR count). The Kier molecular flexibility index (Phi) is 5.19. The zero-order valence-electron chi connectivity index (χ0n) is 14.5. The summed E-state index contributed by atoms with van der Waals surface area (Å²) in [6, 6.07) is 25.4. The molecular weight excluding hydrogens is 376 g/mol. The van der Waals surface area contributed by atoms with Gasteiger partial charge in [0.05, 0.1) is 23.2 Å². The molecule has 0 radical (unpaired) electrons. The molecule has 0 fully saturated rings. The van der Waals surface area contributed by atoms with E-state index in [1.54, 1.807) is 4.90 Å². The Bertz CT molecular complexity index is 1060. The highest BCUT2D eigenvalue weighted by Crippen LogP contribution is 2.32. The zero-order chi connectivity index (χ0) is 18.6. The van der Waals surface area contributed by atoms with Crippen molar-refractivity contribution in [3.8, 4) is 0 Å². The van der Waals surface area contributed by atoms with Crippen LogP contribution in [0.1, 0.15) is 11.1 Å². The molecule has 0 aliphatic heterocycles. The first-order valence-corrected chi connectivity index (χ1v) is 9.83. The first-order chi connectivity index (χ1) is 13.2. The summed E-state index contributed by atoms with van der Waals surface area (Å²) in [6.07, 6.45) is 0.338. The number of nitrogens with zero attached hydrogens (tertiary/aromatic N) is 2. The van der Waals surface area contributed by atoms with Gasteiger partial charge < -0.3 is 0 Å². The van der Waals surface area contributed by atoms with E-state index in [2.05, 4.69) is 4.98 Å². The minimum atomic E-state index is 0.0233. The van der Waals surface area contributed by atoms with Gasteiger partial charge in [-0.05, 0) is 29.3 Å². The lowest BCUT2D eigenvalue weighted by atomic mass is 10.1. The number of rotatable bonds is 5. The molecule has 0 spiro atoms. The van der Waals surface area contributed by atoms with E-state index < -0.39 is 0 Å². The second-order valence-corrected chi connectivity index (χ2v) is 7.68. The summed E-state index contributed by atoms with van der Waals surface area (Å²) >= 11 is 7.59. The summed E-state index contributed by atoms with van der Waals surface area (Å²) in [4.78, 5) is 19.6. The molecule has 0 aliphatic rings. The summed E-state index contributed by atoms with van der Waals surface area (Å²) in [7, 11) is 0. The number of carbonyl (C=O) groups is 1. The summed E-state index contributed by atoms with van der Waals surface area (Å²) in [5, 5.41) is 1.36. The third-order valence-corrected chi connectivity index (χ3v) is 5.53. The molecule has 1 aromatic heterocycles. The van der Waals surface area contributed by atoms with Crippen LogP contribution in [0.2, 0.25) is 5.02 Å². The molecule has 4 aromatic rings. The van der Waals surface area contributed by atoms with Crippen LogP contribution in [0.5, 0.6) is 0 Å². The highest BCUT2D eigenvalue weighted by atomic mass is 35.5. The van der Waals surface area contributed by atoms with Crippen molar-refractivity contribution in [2.45, 2.75) is 13.0 Å². The second-order valence-electron chi connectivity index (χ2n) is 6.24. The first-order valence-electron chi connectivity index (χ1n) is 8.63. The average Bonchev–Trinajstić information content (AvgIpc) is 3.10. The minimum Gasteiger partial charge on any atom is -0.283 e. The van der Waals surface area contributed by atoms with Crippen LogP contribution in [0.15, 0.2) is 78.9 Å². The third-order valence-electron chi connectivity index (χ3n) is 4.25. The Morgan fingerprint density at radius 1 is 0.926 bits per heavy atom. The maximum atomic E-state index is 13.1. The van der Waals surface area contributed by atoms with Crippen LogP contribution in [0.3, 0.4) is 0 Å². The van der Waals surface area contributed by atoms with Crippen molar-refractivity contribution < 1.29 is 4.79 Å². The molecular formula is C22H17ClN2OS. The number of hydrogen-bond donors (Lipinski definition) is 0. The van der Waals surface area contributed by atoms with Crippen LogP contribution >= 0.6 is 22.9 Å². The molecule has 0 aliphatic carbocycles. The summed E-state index contributed by atoms with van der Waals surface area (Å²) in [5.74, 6) is 0.0233. The molecule has 0 unspecified atom stereocenters. The number of carbonyl (C=O) groups excluding carboxylic acids is 1. The fourth-order valence-electron chi connectivity index (χ4n) is 2.90. The van der Waals surface area contributed by atoms with Gasteiger partial charge in [-0.15, -0.1) is 0 Å². The normalized spacial score (nSPS) is 10.9. The summed E-state index contributed by atoms with van der Waals surface area (Å²) in [6.45, 7) is 0.486. The molecule has 1 amide bonds. The lowest BCUT2D eigenvalue weighted by molar-refractivity contribution is -0.118. The fourth-order valence-corrected chi connectivity index (χ4v) is 4.15. The Morgan fingerprint density at radius 3 is 2.30 bits per heavy atom. The van der Waals surface area contributed by atoms with E-state index in [0.29, 0.717) is 23.1 Å². The zero-order valence-corrected chi connectivity index (χ0v) is 16.1. The first kappa shape index (κ1) is 17.7. The fraction of sp³-hybridized carbons (Fsp3) is 0.0909. The Labute approximate surface area is 166 Å². The van der Waals surface area contributed by atoms with Gasteiger partial charge in [-0.1, -0.05) is 83.6 Å². The van der Waals surface area contributed by atoms with Crippen LogP contribution in [0.4, 0.5) is 5.13 Å². The van der Waals surface area contributed by atoms with Crippen molar-refractivity contribution in [3.63, 3.8) is 0 Å². The van der Waals surface area contributed by atoms with E-state index >= 15 is 0 Å². The topological polar surface area (TPSA) is 33.2 Å². The predicted molar refractivity (Wildman–Crippen MR) is 112 cm³/mol. The summed E-state index contributed by atoms with van der Waals surface area (Å²) in [5.41, 5.74) is 2.91. The largest absolute Gasteiger partial charge is 0.283 e. The van der Waals surface area contributed by atoms with Gasteiger partial charge in [-0.25, -0.2) is 4.98 Å². The van der Waals surface area contributed by atoms with Crippen molar-refractivity contribution in [1.29, 1.82) is 0 Å². The number of aromatic nitrogens is 1. The van der Waals surface area contributed by atoms with Crippen LogP contribution in [0, 0.1) is 0 Å². The molecule has 27 heavy (non-hydrogen) atoms. The van der Waals surface area contributed by atoms with E-state index in [4.69, 9.17) is 11.6 Å². The molecule has 0 N–H and O–H groups in total. The Morgan fingerprint density at radius 2 is 1.59 bits per heavy atom. The number of hydrogen-bond acceptors (Lipinski definition) is 3. The number of thiazole rings is 1. The van der Waals surface area contributed by atoms with E-state index in [0.717, 1.165) is 21.3 Å².